The third kappa shape index (κ3) is 2.98. The Labute approximate surface area is 130 Å². The maximum Gasteiger partial charge on any atom is 0.228 e. The molecule has 1 amide bonds. The number of carbonyl (C=O) groups is 1. The minimum atomic E-state index is 0.112. The third-order valence-corrected chi connectivity index (χ3v) is 4.88. The van der Waals surface area contributed by atoms with Crippen molar-refractivity contribution < 1.29 is 4.79 Å². The third-order valence-electron chi connectivity index (χ3n) is 4.08. The number of aryl methyl sites for hydroxylation is 1. The average Bonchev–Trinajstić information content (AvgIpc) is 3.29. The lowest BCUT2D eigenvalue weighted by molar-refractivity contribution is -0.117. The van der Waals surface area contributed by atoms with Crippen LogP contribution in [0, 0.1) is 12.8 Å². The molecule has 1 fully saturated rings. The van der Waals surface area contributed by atoms with Gasteiger partial charge in [0, 0.05) is 10.8 Å². The standard InChI is InChI=1S/C18H19NOS/c1-12-7-3-4-8-13(12)14-11-15(14)18(20)19-16-9-5-6-10-17(16)21-2/h3-10,14-15H,11H2,1-2H3,(H,19,20)/t14-,15-/m1/s1. The molecular weight excluding hydrogens is 278 g/mol. The Kier molecular flexibility index (Phi) is 4.02. The van der Waals surface area contributed by atoms with Gasteiger partial charge in [0.25, 0.3) is 0 Å². The first-order valence-electron chi connectivity index (χ1n) is 7.20. The zero-order valence-corrected chi connectivity index (χ0v) is 13.1. The number of carbonyl (C=O) groups excluding carboxylic acids is 1. The van der Waals surface area contributed by atoms with E-state index in [1.54, 1.807) is 11.8 Å². The smallest absolute Gasteiger partial charge is 0.228 e. The fraction of sp³-hybridized carbons (Fsp3) is 0.278. The first kappa shape index (κ1) is 14.2. The molecule has 21 heavy (non-hydrogen) atoms. The van der Waals surface area contributed by atoms with Crippen LogP contribution in [0.15, 0.2) is 53.4 Å². The summed E-state index contributed by atoms with van der Waals surface area (Å²) in [7, 11) is 0. The lowest BCUT2D eigenvalue weighted by atomic mass is 10.0. The van der Waals surface area contributed by atoms with Crippen molar-refractivity contribution in [3.05, 3.63) is 59.7 Å². The molecule has 3 heteroatoms. The molecule has 0 aliphatic heterocycles. The second-order valence-corrected chi connectivity index (χ2v) is 6.34. The molecule has 2 nitrogen and oxygen atoms in total. The van der Waals surface area contributed by atoms with Crippen LogP contribution in [0.1, 0.15) is 23.5 Å². The van der Waals surface area contributed by atoms with Crippen molar-refractivity contribution in [1.82, 2.24) is 0 Å². The Morgan fingerprint density at radius 3 is 2.62 bits per heavy atom. The number of nitrogens with one attached hydrogen (secondary N) is 1. The number of hydrogen-bond donors (Lipinski definition) is 1. The molecule has 0 heterocycles. The molecule has 0 bridgehead atoms. The Morgan fingerprint density at radius 2 is 1.86 bits per heavy atom. The van der Waals surface area contributed by atoms with E-state index in [0.717, 1.165) is 17.0 Å². The molecule has 1 saturated carbocycles. The van der Waals surface area contributed by atoms with Gasteiger partial charge in [-0.25, -0.2) is 0 Å². The van der Waals surface area contributed by atoms with Gasteiger partial charge in [0.15, 0.2) is 0 Å². The minimum Gasteiger partial charge on any atom is -0.325 e. The molecular formula is C18H19NOS. The molecule has 0 saturated heterocycles. The van der Waals surface area contributed by atoms with Gasteiger partial charge in [0.2, 0.25) is 5.91 Å². The van der Waals surface area contributed by atoms with Gasteiger partial charge >= 0.3 is 0 Å². The van der Waals surface area contributed by atoms with Gasteiger partial charge < -0.3 is 5.32 Å². The van der Waals surface area contributed by atoms with E-state index >= 15 is 0 Å². The summed E-state index contributed by atoms with van der Waals surface area (Å²) in [6.07, 6.45) is 2.98. The Bertz CT molecular complexity index is 668. The lowest BCUT2D eigenvalue weighted by Crippen LogP contribution is -2.15. The van der Waals surface area contributed by atoms with Gasteiger partial charge in [-0.3, -0.25) is 4.79 Å². The molecule has 3 rings (SSSR count). The van der Waals surface area contributed by atoms with Crippen LogP contribution in [0.2, 0.25) is 0 Å². The normalized spacial score (nSPS) is 20.1. The van der Waals surface area contributed by atoms with Crippen LogP contribution < -0.4 is 5.32 Å². The molecule has 2 aromatic carbocycles. The maximum absolute atomic E-state index is 12.4. The van der Waals surface area contributed by atoms with Gasteiger partial charge in [-0.15, -0.1) is 11.8 Å². The number of para-hydroxylation sites is 1. The van der Waals surface area contributed by atoms with Crippen molar-refractivity contribution in [2.24, 2.45) is 5.92 Å². The van der Waals surface area contributed by atoms with Crippen LogP contribution in [-0.4, -0.2) is 12.2 Å². The molecule has 2 atom stereocenters. The van der Waals surface area contributed by atoms with Crippen molar-refractivity contribution in [3.63, 3.8) is 0 Å². The number of amides is 1. The second-order valence-electron chi connectivity index (χ2n) is 5.49. The van der Waals surface area contributed by atoms with Crippen LogP contribution in [0.5, 0.6) is 0 Å². The molecule has 1 aliphatic rings. The predicted molar refractivity (Wildman–Crippen MR) is 88.9 cm³/mol. The number of hydrogen-bond acceptors (Lipinski definition) is 2. The summed E-state index contributed by atoms with van der Waals surface area (Å²) in [5, 5.41) is 3.08. The number of rotatable bonds is 4. The fourth-order valence-corrected chi connectivity index (χ4v) is 3.36. The summed E-state index contributed by atoms with van der Waals surface area (Å²) < 4.78 is 0. The van der Waals surface area contributed by atoms with E-state index in [2.05, 4.69) is 30.4 Å². The van der Waals surface area contributed by atoms with Crippen LogP contribution in [0.25, 0.3) is 0 Å². The summed E-state index contributed by atoms with van der Waals surface area (Å²) in [6.45, 7) is 2.12. The van der Waals surface area contributed by atoms with E-state index in [1.807, 2.05) is 36.6 Å². The van der Waals surface area contributed by atoms with Crippen molar-refractivity contribution in [2.75, 3.05) is 11.6 Å². The van der Waals surface area contributed by atoms with Gasteiger partial charge in [0.1, 0.15) is 0 Å². The fourth-order valence-electron chi connectivity index (χ4n) is 2.80. The summed E-state index contributed by atoms with van der Waals surface area (Å²) in [5.41, 5.74) is 3.52. The maximum atomic E-state index is 12.4. The van der Waals surface area contributed by atoms with Gasteiger partial charge in [0.05, 0.1) is 5.69 Å². The lowest BCUT2D eigenvalue weighted by Gasteiger charge is -2.09. The van der Waals surface area contributed by atoms with E-state index in [9.17, 15) is 4.79 Å². The topological polar surface area (TPSA) is 29.1 Å². The molecule has 0 unspecified atom stereocenters. The van der Waals surface area contributed by atoms with E-state index in [-0.39, 0.29) is 11.8 Å². The van der Waals surface area contributed by atoms with Crippen LogP contribution in [-0.2, 0) is 4.79 Å². The van der Waals surface area contributed by atoms with Crippen molar-refractivity contribution >= 4 is 23.4 Å². The summed E-state index contributed by atoms with van der Waals surface area (Å²) in [5.74, 6) is 0.637. The Balaban J connectivity index is 1.70. The molecule has 0 aromatic heterocycles. The number of thioether (sulfide) groups is 1. The zero-order chi connectivity index (χ0) is 14.8. The summed E-state index contributed by atoms with van der Waals surface area (Å²) in [4.78, 5) is 13.5. The molecule has 108 valence electrons. The van der Waals surface area contributed by atoms with Crippen LogP contribution >= 0.6 is 11.8 Å². The van der Waals surface area contributed by atoms with Crippen molar-refractivity contribution in [1.29, 1.82) is 0 Å². The van der Waals surface area contributed by atoms with E-state index in [4.69, 9.17) is 0 Å². The average molecular weight is 297 g/mol. The van der Waals surface area contributed by atoms with Gasteiger partial charge in [-0.05, 0) is 48.8 Å². The molecule has 1 N–H and O–H groups in total. The second kappa shape index (κ2) is 5.94. The Hall–Kier alpha value is -1.74. The number of benzene rings is 2. The predicted octanol–water partition coefficient (Wildman–Crippen LogP) is 4.46. The minimum absolute atomic E-state index is 0.112. The van der Waals surface area contributed by atoms with Gasteiger partial charge in [-0.2, -0.15) is 0 Å². The van der Waals surface area contributed by atoms with Crippen LogP contribution in [0.4, 0.5) is 5.69 Å². The molecule has 0 radical (unpaired) electrons. The van der Waals surface area contributed by atoms with Crippen molar-refractivity contribution in [3.8, 4) is 0 Å². The SMILES string of the molecule is CSc1ccccc1NC(=O)[C@@H]1C[C@@H]1c1ccccc1C. The summed E-state index contributed by atoms with van der Waals surface area (Å²) >= 11 is 1.65. The Morgan fingerprint density at radius 1 is 1.14 bits per heavy atom. The first-order chi connectivity index (χ1) is 10.2. The quantitative estimate of drug-likeness (QED) is 0.844. The largest absolute Gasteiger partial charge is 0.325 e. The highest BCUT2D eigenvalue weighted by Gasteiger charge is 2.44. The van der Waals surface area contributed by atoms with E-state index < -0.39 is 0 Å². The highest BCUT2D eigenvalue weighted by Crippen LogP contribution is 2.49. The van der Waals surface area contributed by atoms with Crippen molar-refractivity contribution in [2.45, 2.75) is 24.2 Å². The number of anilines is 1. The van der Waals surface area contributed by atoms with Gasteiger partial charge in [-0.1, -0.05) is 36.4 Å². The van der Waals surface area contributed by atoms with E-state index in [1.165, 1.54) is 11.1 Å². The molecule has 1 aliphatic carbocycles. The summed E-state index contributed by atoms with van der Waals surface area (Å²) in [6, 6.07) is 16.3. The molecule has 0 spiro atoms. The first-order valence-corrected chi connectivity index (χ1v) is 8.42. The highest BCUT2D eigenvalue weighted by atomic mass is 32.2. The van der Waals surface area contributed by atoms with E-state index in [0.29, 0.717) is 5.92 Å². The molecule has 2 aromatic rings. The van der Waals surface area contributed by atoms with Crippen LogP contribution in [0.3, 0.4) is 0 Å². The highest BCUT2D eigenvalue weighted by molar-refractivity contribution is 7.98. The monoisotopic (exact) mass is 297 g/mol. The zero-order valence-electron chi connectivity index (χ0n) is 12.3.